The lowest BCUT2D eigenvalue weighted by Crippen LogP contribution is -2.27. The average molecular weight is 803 g/mol. The topological polar surface area (TPSA) is 13.1 Å². The van der Waals surface area contributed by atoms with E-state index in [0.717, 1.165) is 45.9 Å². The van der Waals surface area contributed by atoms with E-state index in [4.69, 9.17) is 4.42 Å². The van der Waals surface area contributed by atoms with Crippen molar-refractivity contribution in [1.29, 1.82) is 0 Å². The SMILES string of the molecule is c1ccc2c(c1)-c1ccccc1C21c2ccccc2-c2cccc(CCC(c3ccc(-c4cccc5ccccc45)cc3)c3ccc(-c4cccc5c4oc4ccccc45)cc3)c21. The minimum absolute atomic E-state index is 0.168. The van der Waals surface area contributed by atoms with Crippen LogP contribution in [0.2, 0.25) is 0 Å². The molecule has 0 saturated heterocycles. The molecule has 1 atom stereocenters. The van der Waals surface area contributed by atoms with Crippen LogP contribution >= 0.6 is 0 Å². The van der Waals surface area contributed by atoms with Crippen molar-refractivity contribution in [3.8, 4) is 44.5 Å². The minimum Gasteiger partial charge on any atom is -0.455 e. The number of hydrogen-bond donors (Lipinski definition) is 0. The molecule has 10 aromatic carbocycles. The first-order chi connectivity index (χ1) is 31.3. The lowest BCUT2D eigenvalue weighted by molar-refractivity contribution is 0.670. The summed E-state index contributed by atoms with van der Waals surface area (Å²) in [6.45, 7) is 0. The molecule has 2 aliphatic carbocycles. The van der Waals surface area contributed by atoms with Gasteiger partial charge in [-0.2, -0.15) is 0 Å². The van der Waals surface area contributed by atoms with Crippen molar-refractivity contribution < 1.29 is 4.42 Å². The van der Waals surface area contributed by atoms with E-state index < -0.39 is 0 Å². The molecule has 0 N–H and O–H groups in total. The molecular weight excluding hydrogens is 761 g/mol. The Morgan fingerprint density at radius 1 is 0.365 bits per heavy atom. The Balaban J connectivity index is 0.931. The lowest BCUT2D eigenvalue weighted by Gasteiger charge is -2.32. The Labute approximate surface area is 367 Å². The fourth-order valence-corrected chi connectivity index (χ4v) is 11.5. The summed E-state index contributed by atoms with van der Waals surface area (Å²) in [6.07, 6.45) is 1.89. The van der Waals surface area contributed by atoms with Crippen LogP contribution in [0.15, 0.2) is 229 Å². The van der Waals surface area contributed by atoms with Gasteiger partial charge in [0.15, 0.2) is 0 Å². The largest absolute Gasteiger partial charge is 0.455 e. The third kappa shape index (κ3) is 5.36. The van der Waals surface area contributed by atoms with E-state index in [0.29, 0.717) is 0 Å². The van der Waals surface area contributed by atoms with Gasteiger partial charge in [0.25, 0.3) is 0 Å². The highest BCUT2D eigenvalue weighted by Crippen LogP contribution is 2.63. The quantitative estimate of drug-likeness (QED) is 0.156. The van der Waals surface area contributed by atoms with E-state index >= 15 is 0 Å². The van der Waals surface area contributed by atoms with E-state index in [1.165, 1.54) is 83.1 Å². The molecular formula is C62H42O. The molecule has 11 aromatic rings. The van der Waals surface area contributed by atoms with Gasteiger partial charge in [0, 0.05) is 22.3 Å². The van der Waals surface area contributed by atoms with Crippen molar-refractivity contribution in [2.75, 3.05) is 0 Å². The first kappa shape index (κ1) is 36.0. The van der Waals surface area contributed by atoms with Crippen LogP contribution in [0.4, 0.5) is 0 Å². The second kappa shape index (κ2) is 14.2. The maximum Gasteiger partial charge on any atom is 0.143 e. The maximum atomic E-state index is 6.49. The summed E-state index contributed by atoms with van der Waals surface area (Å²) in [5, 5.41) is 4.85. The number of rotatable bonds is 7. The summed E-state index contributed by atoms with van der Waals surface area (Å²) in [5.74, 6) is 0.168. The molecule has 1 unspecified atom stereocenters. The number of furan rings is 1. The third-order valence-corrected chi connectivity index (χ3v) is 14.2. The molecule has 0 amide bonds. The number of benzene rings is 10. The van der Waals surface area contributed by atoms with Gasteiger partial charge in [-0.25, -0.2) is 0 Å². The maximum absolute atomic E-state index is 6.49. The highest BCUT2D eigenvalue weighted by molar-refractivity contribution is 6.09. The second-order valence-electron chi connectivity index (χ2n) is 17.4. The van der Waals surface area contributed by atoms with E-state index in [1.54, 1.807) is 0 Å². The Kier molecular flexibility index (Phi) is 8.08. The van der Waals surface area contributed by atoms with Gasteiger partial charge < -0.3 is 4.42 Å². The van der Waals surface area contributed by atoms with E-state index in [2.05, 4.69) is 218 Å². The smallest absolute Gasteiger partial charge is 0.143 e. The average Bonchev–Trinajstić information content (AvgIpc) is 3.99. The highest BCUT2D eigenvalue weighted by atomic mass is 16.3. The van der Waals surface area contributed by atoms with Crippen molar-refractivity contribution in [2.45, 2.75) is 24.2 Å². The summed E-state index contributed by atoms with van der Waals surface area (Å²) in [5.41, 5.74) is 21.3. The summed E-state index contributed by atoms with van der Waals surface area (Å²) in [7, 11) is 0. The highest BCUT2D eigenvalue weighted by Gasteiger charge is 2.52. The molecule has 1 nitrogen and oxygen atoms in total. The van der Waals surface area contributed by atoms with Gasteiger partial charge in [-0.05, 0) is 108 Å². The molecule has 1 aromatic heterocycles. The van der Waals surface area contributed by atoms with Gasteiger partial charge >= 0.3 is 0 Å². The second-order valence-corrected chi connectivity index (χ2v) is 17.4. The van der Waals surface area contributed by atoms with Crippen molar-refractivity contribution in [3.63, 3.8) is 0 Å². The summed E-state index contributed by atoms with van der Waals surface area (Å²) < 4.78 is 6.49. The molecule has 0 saturated carbocycles. The van der Waals surface area contributed by atoms with Crippen molar-refractivity contribution in [1.82, 2.24) is 0 Å². The van der Waals surface area contributed by atoms with Crippen LogP contribution < -0.4 is 0 Å². The fraction of sp³-hybridized carbons (Fsp3) is 0.0645. The first-order valence-electron chi connectivity index (χ1n) is 22.3. The fourth-order valence-electron chi connectivity index (χ4n) is 11.5. The molecule has 0 bridgehead atoms. The normalized spacial score (nSPS) is 13.6. The minimum atomic E-state index is -0.370. The molecule has 63 heavy (non-hydrogen) atoms. The standard InChI is InChI=1S/C62H42O/c1-2-17-47-40(14-1)15-11-22-48(47)43-34-30-41(31-35-43)46(42-32-36-44(37-33-42)49-23-13-25-55-53-21-6-10-29-59(53)63-61(49)55)39-38-45-16-12-24-54-52-20-5-9-28-58(52)62(60(45)54)56-26-7-3-18-50(56)51-19-4-8-27-57(51)62/h1-37,46H,38-39H2. The van der Waals surface area contributed by atoms with Gasteiger partial charge in [-0.1, -0.05) is 218 Å². The summed E-state index contributed by atoms with van der Waals surface area (Å²) >= 11 is 0. The first-order valence-corrected chi connectivity index (χ1v) is 22.3. The van der Waals surface area contributed by atoms with E-state index in [-0.39, 0.29) is 11.3 Å². The van der Waals surface area contributed by atoms with Crippen molar-refractivity contribution in [3.05, 3.63) is 263 Å². The zero-order valence-electron chi connectivity index (χ0n) is 34.8. The predicted octanol–water partition coefficient (Wildman–Crippen LogP) is 16.2. The number of fused-ring (bicyclic) bond motifs is 14. The molecule has 2 aliphatic rings. The van der Waals surface area contributed by atoms with Crippen LogP contribution in [0.25, 0.3) is 77.2 Å². The lowest BCUT2D eigenvalue weighted by atomic mass is 9.68. The number of hydrogen-bond acceptors (Lipinski definition) is 1. The van der Waals surface area contributed by atoms with Gasteiger partial charge in [0.05, 0.1) is 5.41 Å². The summed E-state index contributed by atoms with van der Waals surface area (Å²) in [6, 6.07) is 83.4. The molecule has 13 rings (SSSR count). The molecule has 0 radical (unpaired) electrons. The van der Waals surface area contributed by atoms with Crippen molar-refractivity contribution >= 4 is 32.7 Å². The van der Waals surface area contributed by atoms with Crippen LogP contribution in [0.5, 0.6) is 0 Å². The monoisotopic (exact) mass is 802 g/mol. The van der Waals surface area contributed by atoms with Gasteiger partial charge in [0.2, 0.25) is 0 Å². The van der Waals surface area contributed by atoms with Gasteiger partial charge in [0.1, 0.15) is 11.2 Å². The molecule has 296 valence electrons. The molecule has 1 heteroatoms. The Morgan fingerprint density at radius 3 is 1.54 bits per heavy atom. The zero-order valence-corrected chi connectivity index (χ0v) is 34.8. The Hall–Kier alpha value is -7.74. The molecule has 0 fully saturated rings. The summed E-state index contributed by atoms with van der Waals surface area (Å²) in [4.78, 5) is 0. The molecule has 1 heterocycles. The third-order valence-electron chi connectivity index (χ3n) is 14.2. The van der Waals surface area contributed by atoms with Crippen LogP contribution in [0.3, 0.4) is 0 Å². The number of aryl methyl sites for hydroxylation is 1. The van der Waals surface area contributed by atoms with Crippen LogP contribution in [-0.4, -0.2) is 0 Å². The van der Waals surface area contributed by atoms with Crippen LogP contribution in [0, 0.1) is 0 Å². The van der Waals surface area contributed by atoms with Crippen LogP contribution in [0.1, 0.15) is 51.3 Å². The van der Waals surface area contributed by atoms with Crippen molar-refractivity contribution in [2.24, 2.45) is 0 Å². The Morgan fingerprint density at radius 2 is 0.841 bits per heavy atom. The predicted molar refractivity (Wildman–Crippen MR) is 261 cm³/mol. The molecule has 0 aliphatic heterocycles. The van der Waals surface area contributed by atoms with E-state index in [9.17, 15) is 0 Å². The molecule has 1 spiro atoms. The Bertz CT molecular complexity index is 3500. The zero-order chi connectivity index (χ0) is 41.5. The van der Waals surface area contributed by atoms with Gasteiger partial charge in [-0.3, -0.25) is 0 Å². The van der Waals surface area contributed by atoms with E-state index in [1.807, 2.05) is 6.07 Å². The van der Waals surface area contributed by atoms with Gasteiger partial charge in [-0.15, -0.1) is 0 Å². The number of para-hydroxylation sites is 2. The van der Waals surface area contributed by atoms with Crippen LogP contribution in [-0.2, 0) is 11.8 Å².